The number of esters is 1. The normalized spacial score (nSPS) is 26.6. The van der Waals surface area contributed by atoms with Crippen LogP contribution in [0, 0.1) is 5.92 Å². The molecule has 3 nitrogen and oxygen atoms in total. The lowest BCUT2D eigenvalue weighted by atomic mass is 9.95. The summed E-state index contributed by atoms with van der Waals surface area (Å²) in [5.41, 5.74) is 0.748. The van der Waals surface area contributed by atoms with Gasteiger partial charge in [-0.05, 0) is 24.5 Å². The number of cyclic esters (lactones) is 1. The van der Waals surface area contributed by atoms with E-state index in [2.05, 4.69) is 6.58 Å². The third-order valence-electron chi connectivity index (χ3n) is 2.18. The Morgan fingerprint density at radius 2 is 2.36 bits per heavy atom. The third-order valence-corrected chi connectivity index (χ3v) is 2.18. The van der Waals surface area contributed by atoms with Gasteiger partial charge in [0.15, 0.2) is 0 Å². The second-order valence-corrected chi connectivity index (χ2v) is 3.33. The molecule has 1 unspecified atom stereocenters. The van der Waals surface area contributed by atoms with Gasteiger partial charge in [-0.3, -0.25) is 4.79 Å². The smallest absolute Gasteiger partial charge is 0.311 e. The van der Waals surface area contributed by atoms with Crippen molar-refractivity contribution >= 4 is 5.97 Å². The molecule has 1 fully saturated rings. The van der Waals surface area contributed by atoms with Crippen LogP contribution in [-0.2, 0) is 9.53 Å². The monoisotopic (exact) mass is 194 g/mol. The molecule has 3 heteroatoms. The predicted octanol–water partition coefficient (Wildman–Crippen LogP) is 2.47. The maximum atomic E-state index is 11.1. The van der Waals surface area contributed by atoms with Gasteiger partial charge in [-0.2, -0.15) is 0 Å². The standard InChI is InChI=1S/C11H14O3/c1-4-9(12)6-10-8(3)7(2)5-11(13)14-10/h4,6-7,12H,3,5H2,1-2H3/b9-4+,10-6+. The zero-order chi connectivity index (χ0) is 10.7. The van der Waals surface area contributed by atoms with Crippen molar-refractivity contribution in [2.75, 3.05) is 0 Å². The van der Waals surface area contributed by atoms with Crippen molar-refractivity contribution in [1.82, 2.24) is 0 Å². The van der Waals surface area contributed by atoms with E-state index in [-0.39, 0.29) is 17.6 Å². The van der Waals surface area contributed by atoms with Crippen LogP contribution in [0.25, 0.3) is 0 Å². The molecule has 0 aromatic carbocycles. The van der Waals surface area contributed by atoms with Gasteiger partial charge in [0.1, 0.15) is 11.5 Å². The van der Waals surface area contributed by atoms with Gasteiger partial charge >= 0.3 is 5.97 Å². The zero-order valence-corrected chi connectivity index (χ0v) is 8.41. The highest BCUT2D eigenvalue weighted by atomic mass is 16.5. The molecule has 14 heavy (non-hydrogen) atoms. The maximum Gasteiger partial charge on any atom is 0.311 e. The number of hydrogen-bond donors (Lipinski definition) is 1. The van der Waals surface area contributed by atoms with E-state index in [1.165, 1.54) is 12.2 Å². The van der Waals surface area contributed by atoms with Gasteiger partial charge < -0.3 is 9.84 Å². The van der Waals surface area contributed by atoms with E-state index in [1.807, 2.05) is 6.92 Å². The van der Waals surface area contributed by atoms with Crippen LogP contribution in [0.3, 0.4) is 0 Å². The quantitative estimate of drug-likeness (QED) is 0.515. The van der Waals surface area contributed by atoms with Gasteiger partial charge in [0.25, 0.3) is 0 Å². The minimum Gasteiger partial charge on any atom is -0.508 e. The maximum absolute atomic E-state index is 11.1. The van der Waals surface area contributed by atoms with Gasteiger partial charge in [0.05, 0.1) is 6.42 Å². The molecule has 1 N–H and O–H groups in total. The van der Waals surface area contributed by atoms with Crippen LogP contribution in [0.15, 0.2) is 35.8 Å². The van der Waals surface area contributed by atoms with Crippen molar-refractivity contribution < 1.29 is 14.6 Å². The van der Waals surface area contributed by atoms with Gasteiger partial charge in [0, 0.05) is 6.08 Å². The topological polar surface area (TPSA) is 46.5 Å². The average Bonchev–Trinajstić information content (AvgIpc) is 2.13. The fourth-order valence-corrected chi connectivity index (χ4v) is 1.19. The van der Waals surface area contributed by atoms with Crippen LogP contribution < -0.4 is 0 Å². The van der Waals surface area contributed by atoms with Crippen molar-refractivity contribution in [3.63, 3.8) is 0 Å². The Morgan fingerprint density at radius 1 is 1.71 bits per heavy atom. The molecule has 76 valence electrons. The lowest BCUT2D eigenvalue weighted by Crippen LogP contribution is -2.19. The lowest BCUT2D eigenvalue weighted by molar-refractivity contribution is -0.141. The number of ether oxygens (including phenoxy) is 1. The van der Waals surface area contributed by atoms with Gasteiger partial charge in [-0.25, -0.2) is 0 Å². The van der Waals surface area contributed by atoms with Crippen LogP contribution >= 0.6 is 0 Å². The summed E-state index contributed by atoms with van der Waals surface area (Å²) >= 11 is 0. The second-order valence-electron chi connectivity index (χ2n) is 3.33. The molecule has 0 aromatic rings. The Hall–Kier alpha value is -1.51. The van der Waals surface area contributed by atoms with Crippen molar-refractivity contribution in [3.8, 4) is 0 Å². The van der Waals surface area contributed by atoms with E-state index in [0.29, 0.717) is 12.2 Å². The molecule has 1 saturated heterocycles. The lowest BCUT2D eigenvalue weighted by Gasteiger charge is -2.22. The molecule has 0 aromatic heterocycles. The summed E-state index contributed by atoms with van der Waals surface area (Å²) < 4.78 is 4.96. The number of rotatable bonds is 1. The van der Waals surface area contributed by atoms with Crippen LogP contribution in [0.2, 0.25) is 0 Å². The Bertz CT molecular complexity index is 323. The summed E-state index contributed by atoms with van der Waals surface area (Å²) in [5, 5.41) is 9.25. The van der Waals surface area contributed by atoms with Crippen LogP contribution in [0.5, 0.6) is 0 Å². The molecule has 1 atom stereocenters. The van der Waals surface area contributed by atoms with E-state index in [0.717, 1.165) is 5.57 Å². The first kappa shape index (κ1) is 10.6. The van der Waals surface area contributed by atoms with Crippen molar-refractivity contribution in [2.45, 2.75) is 20.3 Å². The summed E-state index contributed by atoms with van der Waals surface area (Å²) in [6.45, 7) is 7.42. The first-order chi connectivity index (χ1) is 6.54. The molecule has 0 bridgehead atoms. The Kier molecular flexibility index (Phi) is 3.12. The molecule has 1 rings (SSSR count). The summed E-state index contributed by atoms with van der Waals surface area (Å²) in [4.78, 5) is 11.1. The van der Waals surface area contributed by atoms with E-state index in [4.69, 9.17) is 4.74 Å². The summed E-state index contributed by atoms with van der Waals surface area (Å²) in [5.74, 6) is 0.236. The Labute approximate surface area is 83.4 Å². The van der Waals surface area contributed by atoms with Crippen molar-refractivity contribution in [2.24, 2.45) is 5.92 Å². The highest BCUT2D eigenvalue weighted by Gasteiger charge is 2.24. The third kappa shape index (κ3) is 2.25. The number of aliphatic hydroxyl groups is 1. The Morgan fingerprint density at radius 3 is 2.93 bits per heavy atom. The molecule has 1 aliphatic heterocycles. The fourth-order valence-electron chi connectivity index (χ4n) is 1.19. The number of hydrogen-bond acceptors (Lipinski definition) is 3. The zero-order valence-electron chi connectivity index (χ0n) is 8.41. The summed E-state index contributed by atoms with van der Waals surface area (Å²) in [7, 11) is 0. The van der Waals surface area contributed by atoms with E-state index in [9.17, 15) is 9.90 Å². The number of carbonyl (C=O) groups excluding carboxylic acids is 1. The first-order valence-electron chi connectivity index (χ1n) is 4.51. The van der Waals surface area contributed by atoms with E-state index < -0.39 is 0 Å². The number of aliphatic hydroxyl groups excluding tert-OH is 1. The SMILES string of the molecule is C=C1/C(=C\C(O)=C/C)OC(=O)CC1C. The molecule has 0 aliphatic carbocycles. The van der Waals surface area contributed by atoms with Gasteiger partial charge in [-0.15, -0.1) is 0 Å². The largest absolute Gasteiger partial charge is 0.508 e. The molecular formula is C11H14O3. The molecule has 1 aliphatic rings. The van der Waals surface area contributed by atoms with Crippen LogP contribution in [0.4, 0.5) is 0 Å². The van der Waals surface area contributed by atoms with Crippen LogP contribution in [0.1, 0.15) is 20.3 Å². The summed E-state index contributed by atoms with van der Waals surface area (Å²) in [6.07, 6.45) is 3.29. The molecular weight excluding hydrogens is 180 g/mol. The first-order valence-corrected chi connectivity index (χ1v) is 4.51. The minimum atomic E-state index is -0.278. The average molecular weight is 194 g/mol. The van der Waals surface area contributed by atoms with Gasteiger partial charge in [0.2, 0.25) is 0 Å². The molecule has 0 saturated carbocycles. The summed E-state index contributed by atoms with van der Waals surface area (Å²) in [6, 6.07) is 0. The number of allylic oxidation sites excluding steroid dienone is 3. The van der Waals surface area contributed by atoms with Crippen LogP contribution in [-0.4, -0.2) is 11.1 Å². The van der Waals surface area contributed by atoms with Crippen molar-refractivity contribution in [1.29, 1.82) is 0 Å². The fraction of sp³-hybridized carbons (Fsp3) is 0.364. The van der Waals surface area contributed by atoms with E-state index in [1.54, 1.807) is 6.92 Å². The molecule has 0 amide bonds. The molecule has 0 radical (unpaired) electrons. The Balaban J connectivity index is 2.92. The van der Waals surface area contributed by atoms with Gasteiger partial charge in [-0.1, -0.05) is 13.5 Å². The molecule has 0 spiro atoms. The molecule has 1 heterocycles. The second kappa shape index (κ2) is 4.13. The highest BCUT2D eigenvalue weighted by molar-refractivity contribution is 5.74. The predicted molar refractivity (Wildman–Crippen MR) is 53.5 cm³/mol. The number of carbonyl (C=O) groups is 1. The highest BCUT2D eigenvalue weighted by Crippen LogP contribution is 2.28. The van der Waals surface area contributed by atoms with Crippen molar-refractivity contribution in [3.05, 3.63) is 35.8 Å². The van der Waals surface area contributed by atoms with E-state index >= 15 is 0 Å². The minimum absolute atomic E-state index is 0.0723.